The minimum atomic E-state index is 0.278. The second kappa shape index (κ2) is 6.81. The molecular weight excluding hydrogens is 384 g/mol. The summed E-state index contributed by atoms with van der Waals surface area (Å²) in [6.07, 6.45) is 4.87. The number of hydrogen-bond acceptors (Lipinski definition) is 5. The fraction of sp³-hybridized carbons (Fsp3) is 0.273. The Labute approximate surface area is 174 Å². The minimum absolute atomic E-state index is 0.278. The molecule has 0 saturated heterocycles. The number of aryl methyl sites for hydroxylation is 3. The molecule has 4 heterocycles. The number of aromatic nitrogens is 5. The van der Waals surface area contributed by atoms with E-state index in [9.17, 15) is 0 Å². The van der Waals surface area contributed by atoms with Gasteiger partial charge in [0.25, 0.3) is 0 Å². The van der Waals surface area contributed by atoms with Crippen LogP contribution in [0.3, 0.4) is 0 Å². The molecule has 0 aliphatic carbocycles. The topological polar surface area (TPSA) is 59.7 Å². The fourth-order valence-electron chi connectivity index (χ4n) is 4.08. The minimum Gasteiger partial charge on any atom is -0.351 e. The molecule has 0 saturated carbocycles. The monoisotopic (exact) mass is 404 g/mol. The van der Waals surface area contributed by atoms with Crippen LogP contribution in [0.5, 0.6) is 0 Å². The fourth-order valence-corrected chi connectivity index (χ4v) is 4.25. The lowest BCUT2D eigenvalue weighted by molar-refractivity contribution is 0.705. The number of pyridine rings is 1. The van der Waals surface area contributed by atoms with Gasteiger partial charge in [-0.1, -0.05) is 11.6 Å². The van der Waals surface area contributed by atoms with Gasteiger partial charge in [0, 0.05) is 61.2 Å². The Morgan fingerprint density at radius 1 is 1.10 bits per heavy atom. The Kier molecular flexibility index (Phi) is 4.24. The van der Waals surface area contributed by atoms with Crippen LogP contribution in [0.4, 0.5) is 5.82 Å². The molecule has 6 nitrogen and oxygen atoms in total. The first kappa shape index (κ1) is 18.1. The number of benzene rings is 1. The lowest BCUT2D eigenvalue weighted by Gasteiger charge is -2.30. The van der Waals surface area contributed by atoms with Crippen molar-refractivity contribution >= 4 is 28.3 Å². The molecule has 1 aliphatic heterocycles. The molecule has 0 amide bonds. The highest BCUT2D eigenvalue weighted by Gasteiger charge is 2.22. The van der Waals surface area contributed by atoms with Crippen molar-refractivity contribution in [1.82, 2.24) is 24.7 Å². The van der Waals surface area contributed by atoms with Crippen LogP contribution in [0.1, 0.15) is 22.5 Å². The lowest BCUT2D eigenvalue weighted by Crippen LogP contribution is -2.32. The summed E-state index contributed by atoms with van der Waals surface area (Å²) < 4.78 is 1.84. The van der Waals surface area contributed by atoms with Crippen molar-refractivity contribution in [3.8, 4) is 11.1 Å². The summed E-state index contributed by atoms with van der Waals surface area (Å²) in [5.41, 5.74) is 7.63. The summed E-state index contributed by atoms with van der Waals surface area (Å²) in [5.74, 6) is 0.886. The standard InChI is InChI=1S/C22H21ClN6/c1-13-4-5-20-17(8-13)21(26-22(23)25-20)29-7-6-19-16(11-29)9-15(10-24-19)18-12-28(3)27-14(18)2/h4-5,8-10,12H,6-7,11H2,1-3H3. The Bertz CT molecular complexity index is 1250. The van der Waals surface area contributed by atoms with Gasteiger partial charge in [0.2, 0.25) is 5.28 Å². The summed E-state index contributed by atoms with van der Waals surface area (Å²) >= 11 is 6.24. The van der Waals surface area contributed by atoms with E-state index in [4.69, 9.17) is 16.6 Å². The number of rotatable bonds is 2. The highest BCUT2D eigenvalue weighted by molar-refractivity contribution is 6.28. The van der Waals surface area contributed by atoms with E-state index in [1.807, 2.05) is 43.2 Å². The first-order valence-electron chi connectivity index (χ1n) is 9.65. The molecular formula is C22H21ClN6. The number of halogens is 1. The van der Waals surface area contributed by atoms with Gasteiger partial charge in [0.05, 0.1) is 11.2 Å². The van der Waals surface area contributed by atoms with Gasteiger partial charge in [0.1, 0.15) is 5.82 Å². The molecule has 5 rings (SSSR count). The first-order valence-corrected chi connectivity index (χ1v) is 10.0. The maximum absolute atomic E-state index is 6.24. The van der Waals surface area contributed by atoms with E-state index in [0.29, 0.717) is 0 Å². The molecule has 0 N–H and O–H groups in total. The molecule has 0 bridgehead atoms. The zero-order chi connectivity index (χ0) is 20.1. The van der Waals surface area contributed by atoms with Gasteiger partial charge in [0.15, 0.2) is 0 Å². The van der Waals surface area contributed by atoms with Gasteiger partial charge in [-0.05, 0) is 49.2 Å². The average molecular weight is 405 g/mol. The molecule has 0 radical (unpaired) electrons. The molecule has 1 aromatic carbocycles. The van der Waals surface area contributed by atoms with E-state index in [-0.39, 0.29) is 5.28 Å². The Morgan fingerprint density at radius 3 is 2.76 bits per heavy atom. The zero-order valence-electron chi connectivity index (χ0n) is 16.6. The molecule has 0 spiro atoms. The third-order valence-corrected chi connectivity index (χ3v) is 5.64. The first-order chi connectivity index (χ1) is 14.0. The van der Waals surface area contributed by atoms with E-state index in [1.54, 1.807) is 0 Å². The van der Waals surface area contributed by atoms with Crippen molar-refractivity contribution < 1.29 is 0 Å². The van der Waals surface area contributed by atoms with Crippen molar-refractivity contribution in [3.05, 3.63) is 64.5 Å². The Morgan fingerprint density at radius 2 is 1.97 bits per heavy atom. The molecule has 146 valence electrons. The SMILES string of the molecule is Cc1ccc2nc(Cl)nc(N3CCc4ncc(-c5cn(C)nc5C)cc4C3)c2c1. The van der Waals surface area contributed by atoms with Gasteiger partial charge < -0.3 is 4.90 Å². The second-order valence-corrected chi connectivity index (χ2v) is 7.98. The average Bonchev–Trinajstić information content (AvgIpc) is 3.05. The molecule has 0 atom stereocenters. The second-order valence-electron chi connectivity index (χ2n) is 7.64. The molecule has 3 aromatic heterocycles. The predicted molar refractivity (Wildman–Crippen MR) is 115 cm³/mol. The van der Waals surface area contributed by atoms with Crippen molar-refractivity contribution in [2.45, 2.75) is 26.8 Å². The van der Waals surface area contributed by atoms with Crippen LogP contribution in [0.15, 0.2) is 36.7 Å². The van der Waals surface area contributed by atoms with Crippen LogP contribution in [0.25, 0.3) is 22.0 Å². The molecule has 7 heteroatoms. The quantitative estimate of drug-likeness (QED) is 0.467. The summed E-state index contributed by atoms with van der Waals surface area (Å²) in [6.45, 7) is 5.70. The van der Waals surface area contributed by atoms with Crippen molar-refractivity contribution in [2.75, 3.05) is 11.4 Å². The van der Waals surface area contributed by atoms with Crippen LogP contribution in [-0.2, 0) is 20.0 Å². The predicted octanol–water partition coefficient (Wildman–Crippen LogP) is 4.26. The van der Waals surface area contributed by atoms with Gasteiger partial charge >= 0.3 is 0 Å². The van der Waals surface area contributed by atoms with Crippen molar-refractivity contribution in [1.29, 1.82) is 0 Å². The van der Waals surface area contributed by atoms with E-state index < -0.39 is 0 Å². The van der Waals surface area contributed by atoms with Crippen molar-refractivity contribution in [2.24, 2.45) is 7.05 Å². The summed E-state index contributed by atoms with van der Waals surface area (Å²) in [5, 5.41) is 5.77. The molecule has 0 fully saturated rings. The summed E-state index contributed by atoms with van der Waals surface area (Å²) in [7, 11) is 1.94. The number of hydrogen-bond donors (Lipinski definition) is 0. The maximum Gasteiger partial charge on any atom is 0.224 e. The van der Waals surface area contributed by atoms with Gasteiger partial charge in [-0.25, -0.2) is 4.98 Å². The van der Waals surface area contributed by atoms with Crippen molar-refractivity contribution in [3.63, 3.8) is 0 Å². The van der Waals surface area contributed by atoms with Crippen LogP contribution < -0.4 is 4.90 Å². The van der Waals surface area contributed by atoms with E-state index in [0.717, 1.165) is 58.7 Å². The van der Waals surface area contributed by atoms with E-state index >= 15 is 0 Å². The van der Waals surface area contributed by atoms with Gasteiger partial charge in [-0.15, -0.1) is 0 Å². The molecule has 29 heavy (non-hydrogen) atoms. The summed E-state index contributed by atoms with van der Waals surface area (Å²) in [6, 6.07) is 8.41. The number of anilines is 1. The Balaban J connectivity index is 1.56. The van der Waals surface area contributed by atoms with Crippen LogP contribution in [-0.4, -0.2) is 31.3 Å². The van der Waals surface area contributed by atoms with Gasteiger partial charge in [-0.2, -0.15) is 10.1 Å². The summed E-state index contributed by atoms with van der Waals surface area (Å²) in [4.78, 5) is 16.0. The highest BCUT2D eigenvalue weighted by Crippen LogP contribution is 2.32. The third kappa shape index (κ3) is 3.23. The molecule has 4 aromatic rings. The smallest absolute Gasteiger partial charge is 0.224 e. The van der Waals surface area contributed by atoms with Crippen LogP contribution in [0.2, 0.25) is 5.28 Å². The normalized spacial score (nSPS) is 13.7. The Hall–Kier alpha value is -2.99. The molecule has 0 unspecified atom stereocenters. The number of nitrogens with zero attached hydrogens (tertiary/aromatic N) is 6. The third-order valence-electron chi connectivity index (χ3n) is 5.47. The van der Waals surface area contributed by atoms with Crippen LogP contribution >= 0.6 is 11.6 Å². The van der Waals surface area contributed by atoms with Gasteiger partial charge in [-0.3, -0.25) is 9.67 Å². The highest BCUT2D eigenvalue weighted by atomic mass is 35.5. The lowest BCUT2D eigenvalue weighted by atomic mass is 10.0. The molecule has 1 aliphatic rings. The van der Waals surface area contributed by atoms with E-state index in [1.165, 1.54) is 11.1 Å². The largest absolute Gasteiger partial charge is 0.351 e. The number of fused-ring (bicyclic) bond motifs is 2. The van der Waals surface area contributed by atoms with Crippen LogP contribution in [0, 0.1) is 13.8 Å². The zero-order valence-corrected chi connectivity index (χ0v) is 17.4. The van der Waals surface area contributed by atoms with E-state index in [2.05, 4.69) is 39.0 Å². The maximum atomic E-state index is 6.24.